The van der Waals surface area contributed by atoms with Gasteiger partial charge in [0.2, 0.25) is 11.8 Å². The molecule has 1 saturated carbocycles. The summed E-state index contributed by atoms with van der Waals surface area (Å²) in [6.45, 7) is 0.587. The SMILES string of the molecule is O=C(O)C(F)(F)F.O=C(O)CC(NC(=O)C1(NC(=O)CCCNc2ccccn2)CCCCC1)c1ccc(-c2ccccc2)cc1. The van der Waals surface area contributed by atoms with Crippen LogP contribution in [0.15, 0.2) is 79.0 Å². The van der Waals surface area contributed by atoms with Crippen LogP contribution < -0.4 is 16.0 Å². The van der Waals surface area contributed by atoms with Crippen molar-refractivity contribution in [3.8, 4) is 11.1 Å². The molecule has 246 valence electrons. The van der Waals surface area contributed by atoms with Gasteiger partial charge in [0.25, 0.3) is 0 Å². The molecule has 0 spiro atoms. The first-order valence-electron chi connectivity index (χ1n) is 14.8. The Labute approximate surface area is 264 Å². The van der Waals surface area contributed by atoms with Gasteiger partial charge in [0.1, 0.15) is 11.4 Å². The third kappa shape index (κ3) is 11.2. The van der Waals surface area contributed by atoms with Gasteiger partial charge >= 0.3 is 18.1 Å². The van der Waals surface area contributed by atoms with Crippen molar-refractivity contribution in [2.45, 2.75) is 69.1 Å². The molecule has 1 atom stereocenters. The zero-order chi connectivity index (χ0) is 33.6. The van der Waals surface area contributed by atoms with E-state index in [4.69, 9.17) is 9.90 Å². The van der Waals surface area contributed by atoms with Gasteiger partial charge in [-0.3, -0.25) is 14.4 Å². The summed E-state index contributed by atoms with van der Waals surface area (Å²) in [6.07, 6.45) is 0.944. The topological polar surface area (TPSA) is 158 Å². The Balaban J connectivity index is 0.000000738. The van der Waals surface area contributed by atoms with Crippen molar-refractivity contribution in [2.75, 3.05) is 11.9 Å². The summed E-state index contributed by atoms with van der Waals surface area (Å²) in [5.41, 5.74) is 1.74. The van der Waals surface area contributed by atoms with Crippen molar-refractivity contribution < 1.29 is 42.6 Å². The van der Waals surface area contributed by atoms with E-state index in [1.165, 1.54) is 0 Å². The Kier molecular flexibility index (Phi) is 13.1. The molecule has 46 heavy (non-hydrogen) atoms. The number of pyridine rings is 1. The number of hydrogen-bond acceptors (Lipinski definition) is 6. The highest BCUT2D eigenvalue weighted by Crippen LogP contribution is 2.31. The number of rotatable bonds is 12. The second-order valence-electron chi connectivity index (χ2n) is 10.9. The Hall–Kier alpha value is -4.94. The maximum absolute atomic E-state index is 13.7. The molecular formula is C33H37F3N4O6. The summed E-state index contributed by atoms with van der Waals surface area (Å²) in [4.78, 5) is 51.4. The number of carbonyl (C=O) groups excluding carboxylic acids is 2. The molecule has 2 amide bonds. The third-order valence-corrected chi connectivity index (χ3v) is 7.42. The molecule has 13 heteroatoms. The van der Waals surface area contributed by atoms with Crippen molar-refractivity contribution in [1.82, 2.24) is 15.6 Å². The summed E-state index contributed by atoms with van der Waals surface area (Å²) >= 11 is 0. The predicted octanol–water partition coefficient (Wildman–Crippen LogP) is 5.73. The second kappa shape index (κ2) is 16.9. The Morgan fingerprint density at radius 3 is 2.02 bits per heavy atom. The molecule has 1 aliphatic carbocycles. The van der Waals surface area contributed by atoms with Gasteiger partial charge in [-0.05, 0) is 48.1 Å². The van der Waals surface area contributed by atoms with Gasteiger partial charge in [-0.15, -0.1) is 0 Å². The fourth-order valence-electron chi connectivity index (χ4n) is 5.09. The zero-order valence-corrected chi connectivity index (χ0v) is 25.1. The number of benzene rings is 2. The van der Waals surface area contributed by atoms with E-state index in [1.54, 1.807) is 6.20 Å². The van der Waals surface area contributed by atoms with Crippen LogP contribution in [-0.2, 0) is 19.2 Å². The first-order valence-corrected chi connectivity index (χ1v) is 14.8. The largest absolute Gasteiger partial charge is 0.490 e. The van der Waals surface area contributed by atoms with Crippen LogP contribution >= 0.6 is 0 Å². The van der Waals surface area contributed by atoms with Crippen LogP contribution in [0.25, 0.3) is 11.1 Å². The zero-order valence-electron chi connectivity index (χ0n) is 25.1. The van der Waals surface area contributed by atoms with Crippen molar-refractivity contribution >= 4 is 29.6 Å². The first kappa shape index (κ1) is 35.5. The summed E-state index contributed by atoms with van der Waals surface area (Å²) in [6, 6.07) is 22.4. The fourth-order valence-corrected chi connectivity index (χ4v) is 5.09. The fraction of sp³-hybridized carbons (Fsp3) is 0.364. The van der Waals surface area contributed by atoms with Gasteiger partial charge in [0.05, 0.1) is 12.5 Å². The molecule has 4 rings (SSSR count). The number of hydrogen-bond donors (Lipinski definition) is 5. The average molecular weight is 643 g/mol. The van der Waals surface area contributed by atoms with E-state index in [-0.39, 0.29) is 24.7 Å². The number of alkyl halides is 3. The van der Waals surface area contributed by atoms with E-state index >= 15 is 0 Å². The molecule has 0 radical (unpaired) electrons. The maximum Gasteiger partial charge on any atom is 0.490 e. The lowest BCUT2D eigenvalue weighted by Gasteiger charge is -2.38. The van der Waals surface area contributed by atoms with Gasteiger partial charge < -0.3 is 26.2 Å². The molecule has 0 bridgehead atoms. The summed E-state index contributed by atoms with van der Waals surface area (Å²) < 4.78 is 31.7. The number of carboxylic acids is 2. The highest BCUT2D eigenvalue weighted by molar-refractivity contribution is 5.92. The van der Waals surface area contributed by atoms with Crippen LogP contribution in [0.4, 0.5) is 19.0 Å². The van der Waals surface area contributed by atoms with Gasteiger partial charge in [-0.1, -0.05) is 79.9 Å². The van der Waals surface area contributed by atoms with Gasteiger partial charge in [-0.2, -0.15) is 13.2 Å². The molecular weight excluding hydrogens is 605 g/mol. The monoisotopic (exact) mass is 642 g/mol. The number of halogens is 3. The number of anilines is 1. The van der Waals surface area contributed by atoms with E-state index in [0.717, 1.165) is 36.2 Å². The van der Waals surface area contributed by atoms with E-state index < -0.39 is 29.7 Å². The van der Waals surface area contributed by atoms with E-state index in [0.29, 0.717) is 31.4 Å². The molecule has 3 aromatic rings. The lowest BCUT2D eigenvalue weighted by molar-refractivity contribution is -0.192. The van der Waals surface area contributed by atoms with Crippen molar-refractivity contribution in [3.05, 3.63) is 84.6 Å². The molecule has 0 saturated heterocycles. The molecule has 10 nitrogen and oxygen atoms in total. The predicted molar refractivity (Wildman–Crippen MR) is 165 cm³/mol. The molecule has 1 aliphatic rings. The van der Waals surface area contributed by atoms with Gasteiger partial charge in [0.15, 0.2) is 0 Å². The summed E-state index contributed by atoms with van der Waals surface area (Å²) in [7, 11) is 0. The van der Waals surface area contributed by atoms with Crippen LogP contribution in [-0.4, -0.2) is 57.2 Å². The van der Waals surface area contributed by atoms with Crippen LogP contribution in [0.1, 0.15) is 63.0 Å². The molecule has 2 aromatic carbocycles. The average Bonchev–Trinajstić information content (AvgIpc) is 3.04. The quantitative estimate of drug-likeness (QED) is 0.157. The van der Waals surface area contributed by atoms with Crippen LogP contribution in [0.5, 0.6) is 0 Å². The number of carboxylic acid groups (broad SMARTS) is 2. The number of aromatic nitrogens is 1. The highest BCUT2D eigenvalue weighted by atomic mass is 19.4. The van der Waals surface area contributed by atoms with Crippen LogP contribution in [0.3, 0.4) is 0 Å². The van der Waals surface area contributed by atoms with Crippen molar-refractivity contribution in [2.24, 2.45) is 0 Å². The van der Waals surface area contributed by atoms with Crippen LogP contribution in [0.2, 0.25) is 0 Å². The molecule has 0 aliphatic heterocycles. The van der Waals surface area contributed by atoms with E-state index in [9.17, 15) is 32.7 Å². The molecule has 5 N–H and O–H groups in total. The van der Waals surface area contributed by atoms with Crippen molar-refractivity contribution in [1.29, 1.82) is 0 Å². The number of nitrogens with one attached hydrogen (secondary N) is 3. The van der Waals surface area contributed by atoms with Crippen molar-refractivity contribution in [3.63, 3.8) is 0 Å². The third-order valence-electron chi connectivity index (χ3n) is 7.42. The lowest BCUT2D eigenvalue weighted by atomic mass is 9.80. The number of carbonyl (C=O) groups is 4. The number of aliphatic carboxylic acids is 2. The number of amides is 2. The summed E-state index contributed by atoms with van der Waals surface area (Å²) in [5.74, 6) is -3.51. The smallest absolute Gasteiger partial charge is 0.481 e. The Morgan fingerprint density at radius 1 is 0.848 bits per heavy atom. The lowest BCUT2D eigenvalue weighted by Crippen LogP contribution is -2.60. The van der Waals surface area contributed by atoms with Gasteiger partial charge in [0, 0.05) is 19.2 Å². The molecule has 1 heterocycles. The Bertz CT molecular complexity index is 1430. The minimum atomic E-state index is -5.08. The second-order valence-corrected chi connectivity index (χ2v) is 10.9. The summed E-state index contributed by atoms with van der Waals surface area (Å²) in [5, 5.41) is 25.9. The van der Waals surface area contributed by atoms with E-state index in [2.05, 4.69) is 20.9 Å². The van der Waals surface area contributed by atoms with Crippen LogP contribution in [0, 0.1) is 0 Å². The highest BCUT2D eigenvalue weighted by Gasteiger charge is 2.42. The minimum Gasteiger partial charge on any atom is -0.481 e. The van der Waals surface area contributed by atoms with E-state index in [1.807, 2.05) is 72.8 Å². The first-order chi connectivity index (χ1) is 21.9. The van der Waals surface area contributed by atoms with Gasteiger partial charge in [-0.25, -0.2) is 9.78 Å². The maximum atomic E-state index is 13.7. The molecule has 1 fully saturated rings. The molecule has 1 unspecified atom stereocenters. The Morgan fingerprint density at radius 2 is 1.46 bits per heavy atom. The molecule has 1 aromatic heterocycles. The number of nitrogens with zero attached hydrogens (tertiary/aromatic N) is 1. The normalized spacial score (nSPS) is 14.5. The minimum absolute atomic E-state index is 0.183. The standard InChI is InChI=1S/C31H36N4O4.C2HF3O2/c36-28(13-9-21-33-27-12-5-8-20-32-27)35-31(18-6-2-7-19-31)30(39)34-26(22-29(37)38)25-16-14-24(15-17-25)23-10-3-1-4-11-23;3-2(4,5)1(6)7/h1,3-5,8,10-12,14-17,20,26H,2,6-7,9,13,18-19,21-22H2,(H,32,33)(H,34,39)(H,35,36)(H,37,38);(H,6,7).